The van der Waals surface area contributed by atoms with Crippen LogP contribution in [0.25, 0.3) is 0 Å². The first-order valence-electron chi connectivity index (χ1n) is 6.24. The molecule has 10 heteroatoms. The molecule has 1 rings (SSSR count). The van der Waals surface area contributed by atoms with Gasteiger partial charge in [0.05, 0.1) is 13.2 Å². The monoisotopic (exact) mass is 312 g/mol. The van der Waals surface area contributed by atoms with E-state index in [0.717, 1.165) is 0 Å². The van der Waals surface area contributed by atoms with Crippen molar-refractivity contribution in [3.8, 4) is 0 Å². The van der Waals surface area contributed by atoms with E-state index in [4.69, 9.17) is 19.7 Å². The molecule has 7 atom stereocenters. The number of carbonyl (C=O) groups is 1. The number of carbonyl (C=O) groups excluding carboxylic acids is 1. The Labute approximate surface area is 119 Å². The van der Waals surface area contributed by atoms with E-state index in [1.165, 1.54) is 0 Å². The van der Waals surface area contributed by atoms with Crippen LogP contribution in [0.1, 0.15) is 0 Å². The van der Waals surface area contributed by atoms with E-state index >= 15 is 0 Å². The lowest BCUT2D eigenvalue weighted by molar-refractivity contribution is -0.268. The summed E-state index contributed by atoms with van der Waals surface area (Å²) in [7, 11) is 0. The summed E-state index contributed by atoms with van der Waals surface area (Å²) in [4.78, 5) is 11.5. The van der Waals surface area contributed by atoms with Crippen LogP contribution in [-0.4, -0.2) is 104 Å². The SMILES string of the molecule is O=C(CO[C@@H]1OC[C@@H](O)[C@H](O)[C@H]1O)[C@H](O)[C@H](O)[C@H](O)CO. The third-order valence-electron chi connectivity index (χ3n) is 3.08. The van der Waals surface area contributed by atoms with E-state index in [-0.39, 0.29) is 6.61 Å². The molecule has 0 saturated carbocycles. The van der Waals surface area contributed by atoms with Gasteiger partial charge >= 0.3 is 0 Å². The second-order valence-electron chi connectivity index (χ2n) is 4.71. The third kappa shape index (κ3) is 4.64. The summed E-state index contributed by atoms with van der Waals surface area (Å²) < 4.78 is 9.72. The number of ether oxygens (including phenoxy) is 2. The lowest BCUT2D eigenvalue weighted by Gasteiger charge is -2.34. The molecule has 1 saturated heterocycles. The van der Waals surface area contributed by atoms with Gasteiger partial charge in [-0.05, 0) is 0 Å². The van der Waals surface area contributed by atoms with Gasteiger partial charge in [-0.25, -0.2) is 0 Å². The standard InChI is InChI=1S/C11H20O10/c12-1-4(13)7(16)8(17)5(14)2-20-11-10(19)9(18)6(15)3-21-11/h4,6-13,15-19H,1-3H2/t4-,6-,7-,8+,9+,10-,11-/m1/s1. The molecule has 0 bridgehead atoms. The average Bonchev–Trinajstić information content (AvgIpc) is 2.49. The van der Waals surface area contributed by atoms with Crippen LogP contribution in [0.4, 0.5) is 0 Å². The van der Waals surface area contributed by atoms with Gasteiger partial charge in [-0.1, -0.05) is 0 Å². The largest absolute Gasteiger partial charge is 0.394 e. The van der Waals surface area contributed by atoms with Crippen molar-refractivity contribution < 1.29 is 50.0 Å². The molecule has 1 aliphatic rings. The molecule has 1 aliphatic heterocycles. The molecule has 7 N–H and O–H groups in total. The minimum atomic E-state index is -2.00. The van der Waals surface area contributed by atoms with Gasteiger partial charge in [0.2, 0.25) is 0 Å². The topological polar surface area (TPSA) is 177 Å². The maximum absolute atomic E-state index is 11.5. The van der Waals surface area contributed by atoms with E-state index < -0.39 is 61.9 Å². The number of aliphatic hydroxyl groups is 7. The lowest BCUT2D eigenvalue weighted by Crippen LogP contribution is -2.54. The van der Waals surface area contributed by atoms with Crippen molar-refractivity contribution in [3.63, 3.8) is 0 Å². The summed E-state index contributed by atoms with van der Waals surface area (Å²) in [5.41, 5.74) is 0. The van der Waals surface area contributed by atoms with Crippen LogP contribution in [0.15, 0.2) is 0 Å². The molecule has 124 valence electrons. The number of aliphatic hydroxyl groups excluding tert-OH is 7. The first kappa shape index (κ1) is 18.4. The van der Waals surface area contributed by atoms with Crippen molar-refractivity contribution in [3.05, 3.63) is 0 Å². The molecule has 0 amide bonds. The van der Waals surface area contributed by atoms with E-state index in [0.29, 0.717) is 0 Å². The second-order valence-corrected chi connectivity index (χ2v) is 4.71. The molecular weight excluding hydrogens is 292 g/mol. The molecule has 0 aromatic heterocycles. The van der Waals surface area contributed by atoms with Crippen LogP contribution < -0.4 is 0 Å². The van der Waals surface area contributed by atoms with Crippen LogP contribution in [0.3, 0.4) is 0 Å². The van der Waals surface area contributed by atoms with Gasteiger partial charge < -0.3 is 45.2 Å². The highest BCUT2D eigenvalue weighted by Gasteiger charge is 2.39. The fraction of sp³-hybridized carbons (Fsp3) is 0.909. The number of hydrogen-bond acceptors (Lipinski definition) is 10. The fourth-order valence-corrected chi connectivity index (χ4v) is 1.68. The van der Waals surface area contributed by atoms with Crippen molar-refractivity contribution in [2.24, 2.45) is 0 Å². The minimum Gasteiger partial charge on any atom is -0.394 e. The van der Waals surface area contributed by atoms with Crippen LogP contribution >= 0.6 is 0 Å². The van der Waals surface area contributed by atoms with Crippen molar-refractivity contribution in [2.45, 2.75) is 42.9 Å². The van der Waals surface area contributed by atoms with Crippen molar-refractivity contribution in [1.82, 2.24) is 0 Å². The minimum absolute atomic E-state index is 0.314. The predicted molar refractivity (Wildman–Crippen MR) is 63.8 cm³/mol. The Balaban J connectivity index is 2.46. The number of ketones is 1. The highest BCUT2D eigenvalue weighted by molar-refractivity contribution is 5.84. The summed E-state index contributed by atoms with van der Waals surface area (Å²) in [6.45, 7) is -1.94. The zero-order valence-electron chi connectivity index (χ0n) is 11.0. The number of hydrogen-bond donors (Lipinski definition) is 7. The highest BCUT2D eigenvalue weighted by Crippen LogP contribution is 2.16. The third-order valence-corrected chi connectivity index (χ3v) is 3.08. The summed E-state index contributed by atoms with van der Waals surface area (Å²) in [6.07, 6.45) is -11.4. The van der Waals surface area contributed by atoms with E-state index in [2.05, 4.69) is 0 Å². The Morgan fingerprint density at radius 3 is 2.38 bits per heavy atom. The first-order chi connectivity index (χ1) is 9.79. The molecular formula is C11H20O10. The highest BCUT2D eigenvalue weighted by atomic mass is 16.7. The quantitative estimate of drug-likeness (QED) is 0.241. The molecule has 21 heavy (non-hydrogen) atoms. The Morgan fingerprint density at radius 1 is 1.19 bits per heavy atom. The zero-order chi connectivity index (χ0) is 16.2. The number of rotatable bonds is 7. The Morgan fingerprint density at radius 2 is 1.81 bits per heavy atom. The van der Waals surface area contributed by atoms with Gasteiger partial charge in [0.25, 0.3) is 0 Å². The summed E-state index contributed by atoms with van der Waals surface area (Å²) in [6, 6.07) is 0. The molecule has 0 unspecified atom stereocenters. The molecule has 1 fully saturated rings. The molecule has 0 aromatic carbocycles. The van der Waals surface area contributed by atoms with Crippen molar-refractivity contribution in [2.75, 3.05) is 19.8 Å². The van der Waals surface area contributed by atoms with E-state index in [9.17, 15) is 30.3 Å². The Kier molecular flexibility index (Phi) is 7.06. The summed E-state index contributed by atoms with van der Waals surface area (Å²) >= 11 is 0. The maximum atomic E-state index is 11.5. The van der Waals surface area contributed by atoms with Gasteiger partial charge in [-0.15, -0.1) is 0 Å². The maximum Gasteiger partial charge on any atom is 0.189 e. The van der Waals surface area contributed by atoms with Gasteiger partial charge in [-0.2, -0.15) is 0 Å². The first-order valence-corrected chi connectivity index (χ1v) is 6.24. The average molecular weight is 312 g/mol. The van der Waals surface area contributed by atoms with E-state index in [1.807, 2.05) is 0 Å². The van der Waals surface area contributed by atoms with Gasteiger partial charge in [0.1, 0.15) is 43.2 Å². The predicted octanol–water partition coefficient (Wildman–Crippen LogP) is -4.91. The second kappa shape index (κ2) is 8.08. The molecule has 0 radical (unpaired) electrons. The molecule has 10 nitrogen and oxygen atoms in total. The number of Topliss-reactive ketones (excluding diaryl/α,β-unsaturated/α-hetero) is 1. The van der Waals surface area contributed by atoms with Crippen molar-refractivity contribution in [1.29, 1.82) is 0 Å². The normalized spacial score (nSPS) is 34.2. The summed E-state index contributed by atoms with van der Waals surface area (Å²) in [5, 5.41) is 64.6. The fourth-order valence-electron chi connectivity index (χ4n) is 1.68. The summed E-state index contributed by atoms with van der Waals surface area (Å²) in [5.74, 6) is -1.02. The molecule has 0 aromatic rings. The zero-order valence-corrected chi connectivity index (χ0v) is 11.0. The van der Waals surface area contributed by atoms with Crippen LogP contribution in [0.5, 0.6) is 0 Å². The Bertz CT molecular complexity index is 337. The molecule has 0 aliphatic carbocycles. The smallest absolute Gasteiger partial charge is 0.189 e. The van der Waals surface area contributed by atoms with Gasteiger partial charge in [-0.3, -0.25) is 4.79 Å². The molecule has 1 heterocycles. The van der Waals surface area contributed by atoms with Crippen LogP contribution in [-0.2, 0) is 14.3 Å². The van der Waals surface area contributed by atoms with Crippen LogP contribution in [0.2, 0.25) is 0 Å². The molecule has 0 spiro atoms. The van der Waals surface area contributed by atoms with Gasteiger partial charge in [0.15, 0.2) is 12.1 Å². The van der Waals surface area contributed by atoms with E-state index in [1.54, 1.807) is 0 Å². The van der Waals surface area contributed by atoms with Crippen LogP contribution in [0, 0.1) is 0 Å². The van der Waals surface area contributed by atoms with Gasteiger partial charge in [0, 0.05) is 0 Å². The Hall–Kier alpha value is -0.690. The van der Waals surface area contributed by atoms with Crippen molar-refractivity contribution >= 4 is 5.78 Å². The lowest BCUT2D eigenvalue weighted by atomic mass is 10.0.